The highest BCUT2D eigenvalue weighted by Crippen LogP contribution is 2.39. The Hall–Kier alpha value is -4.82. The van der Waals surface area contributed by atoms with E-state index in [9.17, 15) is 4.79 Å². The number of ether oxygens (including phenoxy) is 2. The molecule has 53 heavy (non-hydrogen) atoms. The van der Waals surface area contributed by atoms with E-state index in [-0.39, 0.29) is 30.0 Å². The van der Waals surface area contributed by atoms with E-state index in [0.717, 1.165) is 107 Å². The number of aromatic nitrogens is 5. The van der Waals surface area contributed by atoms with Crippen molar-refractivity contribution in [2.75, 3.05) is 50.8 Å². The van der Waals surface area contributed by atoms with Crippen molar-refractivity contribution < 1.29 is 14.3 Å². The van der Waals surface area contributed by atoms with E-state index in [1.807, 2.05) is 66.5 Å². The molecule has 14 nitrogen and oxygen atoms in total. The zero-order valence-electron chi connectivity index (χ0n) is 31.3. The van der Waals surface area contributed by atoms with Crippen LogP contribution in [-0.4, -0.2) is 92.8 Å². The summed E-state index contributed by atoms with van der Waals surface area (Å²) in [4.78, 5) is 23.1. The third kappa shape index (κ3) is 9.22. The molecule has 0 spiro atoms. The SMILES string of the molecule is CC(C)(C)C(=N)CC(=Nc1cnn(CCCN2CCOCC2)c1)NC(=O)NC1CCC(Oc2ccc3nnc(N4CCCCC4)n3c2)c2ccccc21. The van der Waals surface area contributed by atoms with Crippen LogP contribution >= 0.6 is 0 Å². The van der Waals surface area contributed by atoms with Crippen LogP contribution in [-0.2, 0) is 11.3 Å². The van der Waals surface area contributed by atoms with E-state index in [4.69, 9.17) is 19.9 Å². The van der Waals surface area contributed by atoms with E-state index >= 15 is 0 Å². The Morgan fingerprint density at radius 2 is 1.77 bits per heavy atom. The average Bonchev–Trinajstić information content (AvgIpc) is 3.79. The first-order chi connectivity index (χ1) is 25.7. The standard InChI is InChI=1S/C39H53N11O3/c1-39(2,3)34(40)24-35(42-28-25-41-49(26-28)19-9-16-47-20-22-52-23-21-47)44-37(51)43-32-13-14-33(31-11-6-5-10-30(31)32)53-29-12-15-36-45-46-38(50(36)27-29)48-17-7-4-8-18-48/h5-6,10-12,15,25-27,32-33,40H,4,7-9,13-14,16-24H2,1-3H3,(H2,42,43,44,51). The molecule has 0 saturated carbocycles. The summed E-state index contributed by atoms with van der Waals surface area (Å²) in [6.07, 6.45) is 11.6. The van der Waals surface area contributed by atoms with Gasteiger partial charge in [0.25, 0.3) is 0 Å². The van der Waals surface area contributed by atoms with E-state index in [2.05, 4.69) is 47.9 Å². The molecule has 2 atom stereocenters. The summed E-state index contributed by atoms with van der Waals surface area (Å²) < 4.78 is 16.0. The molecule has 0 radical (unpaired) electrons. The molecule has 3 aliphatic rings. The predicted molar refractivity (Wildman–Crippen MR) is 206 cm³/mol. The number of aryl methyl sites for hydroxylation is 1. The number of rotatable bonds is 11. The number of piperidine rings is 1. The number of hydrogen-bond donors (Lipinski definition) is 3. The lowest BCUT2D eigenvalue weighted by Crippen LogP contribution is -2.43. The van der Waals surface area contributed by atoms with Gasteiger partial charge >= 0.3 is 6.03 Å². The van der Waals surface area contributed by atoms with Gasteiger partial charge in [0, 0.05) is 51.4 Å². The van der Waals surface area contributed by atoms with Crippen molar-refractivity contribution in [2.24, 2.45) is 10.4 Å². The van der Waals surface area contributed by atoms with Crippen LogP contribution in [0.4, 0.5) is 16.4 Å². The molecule has 2 aliphatic heterocycles. The number of urea groups is 1. The zero-order valence-corrected chi connectivity index (χ0v) is 31.3. The van der Waals surface area contributed by atoms with Crippen LogP contribution < -0.4 is 20.3 Å². The maximum absolute atomic E-state index is 13.6. The zero-order chi connectivity index (χ0) is 36.8. The molecule has 2 saturated heterocycles. The van der Waals surface area contributed by atoms with Crippen molar-refractivity contribution in [1.82, 2.24) is 39.9 Å². The van der Waals surface area contributed by atoms with Gasteiger partial charge in [-0.05, 0) is 67.2 Å². The Bertz CT molecular complexity index is 1900. The second-order valence-corrected chi connectivity index (χ2v) is 15.3. The molecule has 3 aromatic heterocycles. The van der Waals surface area contributed by atoms with Crippen LogP contribution in [0.5, 0.6) is 5.75 Å². The largest absolute Gasteiger partial charge is 0.484 e. The maximum atomic E-state index is 13.6. The van der Waals surface area contributed by atoms with Crippen molar-refractivity contribution in [1.29, 1.82) is 5.41 Å². The normalized spacial score (nSPS) is 19.9. The number of amides is 2. The lowest BCUT2D eigenvalue weighted by Gasteiger charge is -2.32. The number of aliphatic imine (C=N–C) groups is 1. The summed E-state index contributed by atoms with van der Waals surface area (Å²) in [6.45, 7) is 13.2. The monoisotopic (exact) mass is 723 g/mol. The van der Waals surface area contributed by atoms with Gasteiger partial charge in [-0.3, -0.25) is 19.3 Å². The lowest BCUT2D eigenvalue weighted by atomic mass is 9.85. The van der Waals surface area contributed by atoms with Gasteiger partial charge in [0.15, 0.2) is 5.65 Å². The number of carbonyl (C=O) groups excluding carboxylic acids is 1. The summed E-state index contributed by atoms with van der Waals surface area (Å²) in [6, 6.07) is 11.5. The highest BCUT2D eigenvalue weighted by atomic mass is 16.5. The molecule has 2 amide bonds. The van der Waals surface area contributed by atoms with Crippen LogP contribution in [0.2, 0.25) is 0 Å². The minimum absolute atomic E-state index is 0.172. The quantitative estimate of drug-likeness (QED) is 0.125. The van der Waals surface area contributed by atoms with E-state index in [1.165, 1.54) is 6.42 Å². The van der Waals surface area contributed by atoms with Crippen molar-refractivity contribution in [2.45, 2.75) is 84.4 Å². The number of benzene rings is 1. The van der Waals surface area contributed by atoms with Crippen molar-refractivity contribution in [3.63, 3.8) is 0 Å². The van der Waals surface area contributed by atoms with Crippen LogP contribution in [0.3, 0.4) is 0 Å². The minimum Gasteiger partial charge on any atom is -0.484 e. The summed E-state index contributed by atoms with van der Waals surface area (Å²) in [7, 11) is 0. The fraction of sp³-hybridized carbons (Fsp3) is 0.538. The van der Waals surface area contributed by atoms with Crippen molar-refractivity contribution in [3.05, 3.63) is 66.1 Å². The third-order valence-electron chi connectivity index (χ3n) is 10.4. The number of carbonyl (C=O) groups is 1. The number of fused-ring (bicyclic) bond motifs is 2. The highest BCUT2D eigenvalue weighted by molar-refractivity contribution is 6.09. The lowest BCUT2D eigenvalue weighted by molar-refractivity contribution is 0.0368. The Kier molecular flexibility index (Phi) is 11.3. The van der Waals surface area contributed by atoms with Gasteiger partial charge in [-0.15, -0.1) is 10.2 Å². The molecule has 2 unspecified atom stereocenters. The number of pyridine rings is 1. The van der Waals surface area contributed by atoms with E-state index in [1.54, 1.807) is 6.20 Å². The van der Waals surface area contributed by atoms with Gasteiger partial charge in [-0.1, -0.05) is 45.0 Å². The third-order valence-corrected chi connectivity index (χ3v) is 10.4. The molecule has 1 aliphatic carbocycles. The average molecular weight is 724 g/mol. The molecule has 7 rings (SSSR count). The summed E-state index contributed by atoms with van der Waals surface area (Å²) in [5.41, 5.74) is 3.63. The molecule has 282 valence electrons. The number of hydrogen-bond acceptors (Lipinski definition) is 10. The Labute approximate surface area is 311 Å². The van der Waals surface area contributed by atoms with Gasteiger partial charge in [-0.2, -0.15) is 5.10 Å². The van der Waals surface area contributed by atoms with Gasteiger partial charge in [-0.25, -0.2) is 9.79 Å². The first-order valence-corrected chi connectivity index (χ1v) is 19.1. The molecule has 14 heteroatoms. The van der Waals surface area contributed by atoms with Crippen LogP contribution in [0.15, 0.2) is 60.0 Å². The summed E-state index contributed by atoms with van der Waals surface area (Å²) in [5.74, 6) is 2.02. The molecule has 1 aromatic carbocycles. The van der Waals surface area contributed by atoms with Crippen LogP contribution in [0, 0.1) is 10.8 Å². The summed E-state index contributed by atoms with van der Waals surface area (Å²) >= 11 is 0. The number of amidine groups is 1. The van der Waals surface area contributed by atoms with Crippen LogP contribution in [0.1, 0.15) is 89.0 Å². The molecule has 3 N–H and O–H groups in total. The second-order valence-electron chi connectivity index (χ2n) is 15.3. The first-order valence-electron chi connectivity index (χ1n) is 19.1. The van der Waals surface area contributed by atoms with E-state index < -0.39 is 0 Å². The highest BCUT2D eigenvalue weighted by Gasteiger charge is 2.30. The molecular formula is C39H53N11O3. The topological polar surface area (TPSA) is 150 Å². The number of nitrogens with one attached hydrogen (secondary N) is 3. The molecule has 2 fully saturated rings. The first kappa shape index (κ1) is 36.5. The fourth-order valence-electron chi connectivity index (χ4n) is 7.26. The van der Waals surface area contributed by atoms with Gasteiger partial charge < -0.3 is 25.1 Å². The second kappa shape index (κ2) is 16.5. The Morgan fingerprint density at radius 3 is 2.57 bits per heavy atom. The molecular weight excluding hydrogens is 671 g/mol. The number of anilines is 1. The Balaban J connectivity index is 1.01. The van der Waals surface area contributed by atoms with Gasteiger partial charge in [0.05, 0.1) is 37.8 Å². The smallest absolute Gasteiger partial charge is 0.320 e. The maximum Gasteiger partial charge on any atom is 0.320 e. The van der Waals surface area contributed by atoms with Crippen LogP contribution in [0.25, 0.3) is 5.65 Å². The summed E-state index contributed by atoms with van der Waals surface area (Å²) in [5, 5.41) is 28.3. The minimum atomic E-state index is -0.367. The number of morpholine rings is 1. The number of nitrogens with zero attached hydrogens (tertiary/aromatic N) is 8. The van der Waals surface area contributed by atoms with Crippen molar-refractivity contribution in [3.8, 4) is 5.75 Å². The van der Waals surface area contributed by atoms with Gasteiger partial charge in [0.1, 0.15) is 23.4 Å². The predicted octanol–water partition coefficient (Wildman–Crippen LogP) is 6.08. The fourth-order valence-corrected chi connectivity index (χ4v) is 7.26. The molecule has 4 aromatic rings. The van der Waals surface area contributed by atoms with Gasteiger partial charge in [0.2, 0.25) is 5.95 Å². The molecule has 0 bridgehead atoms. The Morgan fingerprint density at radius 1 is 0.981 bits per heavy atom. The van der Waals surface area contributed by atoms with E-state index in [0.29, 0.717) is 23.7 Å². The van der Waals surface area contributed by atoms with Crippen molar-refractivity contribution >= 4 is 34.9 Å². The molecule has 5 heterocycles.